The quantitative estimate of drug-likeness (QED) is 0.866. The van der Waals surface area contributed by atoms with Crippen molar-refractivity contribution in [3.63, 3.8) is 0 Å². The van der Waals surface area contributed by atoms with Crippen LogP contribution >= 0.6 is 11.6 Å². The van der Waals surface area contributed by atoms with Gasteiger partial charge >= 0.3 is 0 Å². The predicted molar refractivity (Wildman–Crippen MR) is 62.1 cm³/mol. The van der Waals surface area contributed by atoms with Crippen molar-refractivity contribution < 1.29 is 9.13 Å². The highest BCUT2D eigenvalue weighted by Crippen LogP contribution is 2.24. The van der Waals surface area contributed by atoms with Crippen LogP contribution in [-0.4, -0.2) is 18.8 Å². The number of rotatable bonds is 2. The van der Waals surface area contributed by atoms with Crippen LogP contribution < -0.4 is 5.73 Å². The van der Waals surface area contributed by atoms with Crippen LogP contribution in [0.5, 0.6) is 0 Å². The largest absolute Gasteiger partial charge is 0.381 e. The molecule has 1 aliphatic heterocycles. The molecule has 0 aromatic heterocycles. The van der Waals surface area contributed by atoms with Crippen molar-refractivity contribution >= 4 is 11.6 Å². The zero-order valence-corrected chi connectivity index (χ0v) is 9.77. The van der Waals surface area contributed by atoms with Gasteiger partial charge in [0.15, 0.2) is 0 Å². The smallest absolute Gasteiger partial charge is 0.142 e. The maximum absolute atomic E-state index is 13.3. The van der Waals surface area contributed by atoms with Crippen LogP contribution in [0.3, 0.4) is 0 Å². The third-order valence-corrected chi connectivity index (χ3v) is 3.34. The van der Waals surface area contributed by atoms with Gasteiger partial charge in [-0.2, -0.15) is 0 Å². The van der Waals surface area contributed by atoms with Gasteiger partial charge in [0.2, 0.25) is 0 Å². The third kappa shape index (κ3) is 2.73. The van der Waals surface area contributed by atoms with Crippen molar-refractivity contribution in [3.05, 3.63) is 34.6 Å². The minimum atomic E-state index is -0.380. The highest BCUT2D eigenvalue weighted by atomic mass is 35.5. The summed E-state index contributed by atoms with van der Waals surface area (Å²) in [5, 5.41) is 0.154. The van der Waals surface area contributed by atoms with E-state index in [1.807, 2.05) is 6.07 Å². The molecule has 4 heteroatoms. The lowest BCUT2D eigenvalue weighted by atomic mass is 9.85. The summed E-state index contributed by atoms with van der Waals surface area (Å²) in [5.74, 6) is -0.380. The van der Waals surface area contributed by atoms with Gasteiger partial charge in [-0.3, -0.25) is 0 Å². The van der Waals surface area contributed by atoms with E-state index in [2.05, 4.69) is 0 Å². The maximum atomic E-state index is 13.3. The minimum absolute atomic E-state index is 0.154. The molecule has 2 nitrogen and oxygen atoms in total. The van der Waals surface area contributed by atoms with Crippen LogP contribution in [-0.2, 0) is 11.2 Å². The zero-order chi connectivity index (χ0) is 11.6. The first-order valence-electron chi connectivity index (χ1n) is 5.40. The Morgan fingerprint density at radius 3 is 2.69 bits per heavy atom. The Balaban J connectivity index is 2.10. The second kappa shape index (κ2) is 4.70. The summed E-state index contributed by atoms with van der Waals surface area (Å²) in [7, 11) is 0. The topological polar surface area (TPSA) is 35.2 Å². The molecule has 16 heavy (non-hydrogen) atoms. The Labute approximate surface area is 99.5 Å². The zero-order valence-electron chi connectivity index (χ0n) is 9.01. The third-order valence-electron chi connectivity index (χ3n) is 3.03. The number of halogens is 2. The van der Waals surface area contributed by atoms with Gasteiger partial charge in [-0.05, 0) is 37.0 Å². The summed E-state index contributed by atoms with van der Waals surface area (Å²) < 4.78 is 18.5. The lowest BCUT2D eigenvalue weighted by molar-refractivity contribution is 0.0533. The van der Waals surface area contributed by atoms with Gasteiger partial charge in [0.25, 0.3) is 0 Å². The fourth-order valence-electron chi connectivity index (χ4n) is 2.01. The van der Waals surface area contributed by atoms with Crippen LogP contribution in [0, 0.1) is 5.82 Å². The molecule has 1 heterocycles. The molecule has 2 rings (SSSR count). The van der Waals surface area contributed by atoms with Gasteiger partial charge in [0.05, 0.1) is 5.02 Å². The molecule has 1 aliphatic rings. The van der Waals surface area contributed by atoms with E-state index >= 15 is 0 Å². The second-order valence-electron chi connectivity index (χ2n) is 4.40. The minimum Gasteiger partial charge on any atom is -0.381 e. The summed E-state index contributed by atoms with van der Waals surface area (Å²) in [6.45, 7) is 1.37. The second-order valence-corrected chi connectivity index (χ2v) is 4.81. The van der Waals surface area contributed by atoms with E-state index in [1.165, 1.54) is 6.07 Å². The van der Waals surface area contributed by atoms with Crippen LogP contribution in [0.25, 0.3) is 0 Å². The first-order valence-corrected chi connectivity index (χ1v) is 5.77. The molecule has 1 saturated heterocycles. The van der Waals surface area contributed by atoms with Gasteiger partial charge in [-0.25, -0.2) is 4.39 Å². The molecule has 0 saturated carbocycles. The summed E-state index contributed by atoms with van der Waals surface area (Å²) in [6, 6.07) is 4.87. The Morgan fingerprint density at radius 2 is 2.06 bits per heavy atom. The van der Waals surface area contributed by atoms with E-state index in [1.54, 1.807) is 6.07 Å². The molecule has 0 unspecified atom stereocenters. The normalized spacial score (nSPS) is 19.7. The molecule has 1 aromatic rings. The molecular formula is C12H15ClFNO. The summed E-state index contributed by atoms with van der Waals surface area (Å²) in [4.78, 5) is 0. The predicted octanol–water partition coefficient (Wildman–Crippen LogP) is 2.53. The van der Waals surface area contributed by atoms with E-state index in [0.717, 1.165) is 18.4 Å². The molecule has 1 aromatic carbocycles. The van der Waals surface area contributed by atoms with Crippen molar-refractivity contribution in [2.24, 2.45) is 5.73 Å². The molecule has 0 radical (unpaired) electrons. The number of hydrogen-bond donors (Lipinski definition) is 1. The standard InChI is InChI=1S/C12H15ClFNO/c13-10-2-1-9(7-11(10)14)8-12(15)3-5-16-6-4-12/h1-2,7H,3-6,8,15H2. The Bertz CT molecular complexity index is 377. The number of hydrogen-bond acceptors (Lipinski definition) is 2. The average molecular weight is 244 g/mol. The molecule has 0 spiro atoms. The highest BCUT2D eigenvalue weighted by Gasteiger charge is 2.28. The van der Waals surface area contributed by atoms with E-state index in [9.17, 15) is 4.39 Å². The SMILES string of the molecule is NC1(Cc2ccc(Cl)c(F)c2)CCOCC1. The van der Waals surface area contributed by atoms with E-state index in [0.29, 0.717) is 19.6 Å². The lowest BCUT2D eigenvalue weighted by Crippen LogP contribution is -2.46. The van der Waals surface area contributed by atoms with Crippen LogP contribution in [0.15, 0.2) is 18.2 Å². The summed E-state index contributed by atoms with van der Waals surface area (Å²) in [5.41, 5.74) is 6.87. The number of nitrogens with two attached hydrogens (primary N) is 1. The summed E-state index contributed by atoms with van der Waals surface area (Å²) >= 11 is 5.63. The van der Waals surface area contributed by atoms with Gasteiger partial charge < -0.3 is 10.5 Å². The van der Waals surface area contributed by atoms with Crippen molar-refractivity contribution in [1.82, 2.24) is 0 Å². The first kappa shape index (κ1) is 11.8. The molecule has 0 amide bonds. The number of benzene rings is 1. The van der Waals surface area contributed by atoms with Gasteiger partial charge in [-0.1, -0.05) is 17.7 Å². The van der Waals surface area contributed by atoms with Crippen molar-refractivity contribution in [2.45, 2.75) is 24.8 Å². The van der Waals surface area contributed by atoms with Gasteiger partial charge in [0.1, 0.15) is 5.82 Å². The van der Waals surface area contributed by atoms with E-state index in [4.69, 9.17) is 22.1 Å². The molecule has 0 atom stereocenters. The van der Waals surface area contributed by atoms with Gasteiger partial charge in [0, 0.05) is 18.8 Å². The van der Waals surface area contributed by atoms with Crippen LogP contribution in [0.1, 0.15) is 18.4 Å². The molecule has 2 N–H and O–H groups in total. The monoisotopic (exact) mass is 243 g/mol. The molecule has 0 bridgehead atoms. The molecular weight excluding hydrogens is 229 g/mol. The van der Waals surface area contributed by atoms with E-state index in [-0.39, 0.29) is 16.4 Å². The Hall–Kier alpha value is -0.640. The molecule has 88 valence electrons. The van der Waals surface area contributed by atoms with Gasteiger partial charge in [-0.15, -0.1) is 0 Å². The van der Waals surface area contributed by atoms with Crippen LogP contribution in [0.2, 0.25) is 5.02 Å². The first-order chi connectivity index (χ1) is 7.59. The van der Waals surface area contributed by atoms with Crippen molar-refractivity contribution in [1.29, 1.82) is 0 Å². The summed E-state index contributed by atoms with van der Waals surface area (Å²) in [6.07, 6.45) is 2.30. The molecule has 1 fully saturated rings. The Morgan fingerprint density at radius 1 is 1.38 bits per heavy atom. The fourth-order valence-corrected chi connectivity index (χ4v) is 2.13. The maximum Gasteiger partial charge on any atom is 0.142 e. The number of ether oxygens (including phenoxy) is 1. The van der Waals surface area contributed by atoms with E-state index < -0.39 is 0 Å². The van der Waals surface area contributed by atoms with Crippen molar-refractivity contribution in [2.75, 3.05) is 13.2 Å². The fraction of sp³-hybridized carbons (Fsp3) is 0.500. The van der Waals surface area contributed by atoms with Crippen LogP contribution in [0.4, 0.5) is 4.39 Å². The Kier molecular flexibility index (Phi) is 3.47. The molecule has 0 aliphatic carbocycles. The lowest BCUT2D eigenvalue weighted by Gasteiger charge is -2.33. The highest BCUT2D eigenvalue weighted by molar-refractivity contribution is 6.30. The van der Waals surface area contributed by atoms with Crippen molar-refractivity contribution in [3.8, 4) is 0 Å². The average Bonchev–Trinajstić information content (AvgIpc) is 2.24.